The van der Waals surface area contributed by atoms with E-state index in [1.165, 1.54) is 0 Å². The van der Waals surface area contributed by atoms with E-state index in [-0.39, 0.29) is 6.61 Å². The molecule has 0 aliphatic rings. The molecule has 0 aliphatic heterocycles. The van der Waals surface area contributed by atoms with Crippen LogP contribution in [-0.4, -0.2) is 23.2 Å². The third kappa shape index (κ3) is 2.65. The van der Waals surface area contributed by atoms with Crippen LogP contribution < -0.4 is 11.1 Å². The number of nitrogen functional groups attached to an aromatic ring is 1. The molecule has 0 aliphatic carbocycles. The predicted molar refractivity (Wildman–Crippen MR) is 71.0 cm³/mol. The highest BCUT2D eigenvalue weighted by Crippen LogP contribution is 2.25. The van der Waals surface area contributed by atoms with Gasteiger partial charge in [-0.2, -0.15) is 0 Å². The van der Waals surface area contributed by atoms with Crippen LogP contribution in [0.2, 0.25) is 0 Å². The van der Waals surface area contributed by atoms with Crippen molar-refractivity contribution in [2.45, 2.75) is 12.8 Å². The van der Waals surface area contributed by atoms with Crippen molar-refractivity contribution in [2.24, 2.45) is 0 Å². The lowest BCUT2D eigenvalue weighted by molar-refractivity contribution is 0.286. The van der Waals surface area contributed by atoms with Crippen LogP contribution in [0.1, 0.15) is 12.8 Å². The van der Waals surface area contributed by atoms with Crippen molar-refractivity contribution in [3.8, 4) is 0 Å². The number of para-hydroxylation sites is 1. The molecule has 1 heterocycles. The minimum absolute atomic E-state index is 0.242. The maximum Gasteiger partial charge on any atom is 0.0951 e. The molecular weight excluding hydrogens is 214 g/mol. The summed E-state index contributed by atoms with van der Waals surface area (Å²) in [4.78, 5) is 4.28. The van der Waals surface area contributed by atoms with Gasteiger partial charge in [-0.1, -0.05) is 12.1 Å². The standard InChI is InChI=1S/C13H17N3O/c14-11-5-3-4-10-12(6-8-16-13(10)11)15-7-1-2-9-17/h3-6,8,17H,1-2,7,9,14H2,(H,15,16). The smallest absolute Gasteiger partial charge is 0.0951 e. The number of aliphatic hydroxyl groups excluding tert-OH is 1. The first kappa shape index (κ1) is 11.7. The second-order valence-electron chi connectivity index (χ2n) is 3.96. The Morgan fingerprint density at radius 3 is 2.94 bits per heavy atom. The molecule has 90 valence electrons. The number of aromatic nitrogens is 1. The van der Waals surface area contributed by atoms with Gasteiger partial charge in [0, 0.05) is 30.4 Å². The summed E-state index contributed by atoms with van der Waals surface area (Å²) in [5.74, 6) is 0. The number of anilines is 2. The molecule has 1 aromatic carbocycles. The molecule has 17 heavy (non-hydrogen) atoms. The summed E-state index contributed by atoms with van der Waals surface area (Å²) in [5, 5.41) is 13.1. The number of aliphatic hydroxyl groups is 1. The zero-order valence-electron chi connectivity index (χ0n) is 9.69. The molecule has 4 heteroatoms. The molecule has 0 amide bonds. The molecule has 2 aromatic rings. The number of benzene rings is 1. The van der Waals surface area contributed by atoms with E-state index in [9.17, 15) is 0 Å². The third-order valence-corrected chi connectivity index (χ3v) is 2.70. The van der Waals surface area contributed by atoms with Gasteiger partial charge in [0.2, 0.25) is 0 Å². The molecular formula is C13H17N3O. The zero-order valence-corrected chi connectivity index (χ0v) is 9.69. The summed E-state index contributed by atoms with van der Waals surface area (Å²) in [6, 6.07) is 7.73. The second-order valence-corrected chi connectivity index (χ2v) is 3.96. The highest BCUT2D eigenvalue weighted by molar-refractivity contribution is 5.97. The molecule has 0 radical (unpaired) electrons. The minimum Gasteiger partial charge on any atom is -0.397 e. The Morgan fingerprint density at radius 1 is 1.24 bits per heavy atom. The molecule has 0 bridgehead atoms. The van der Waals surface area contributed by atoms with E-state index in [2.05, 4.69) is 10.3 Å². The van der Waals surface area contributed by atoms with Crippen LogP contribution in [0.15, 0.2) is 30.5 Å². The number of hydrogen-bond donors (Lipinski definition) is 3. The lowest BCUT2D eigenvalue weighted by Crippen LogP contribution is -2.03. The van der Waals surface area contributed by atoms with E-state index in [0.29, 0.717) is 5.69 Å². The third-order valence-electron chi connectivity index (χ3n) is 2.70. The highest BCUT2D eigenvalue weighted by Gasteiger charge is 2.03. The van der Waals surface area contributed by atoms with Crippen molar-refractivity contribution in [3.05, 3.63) is 30.5 Å². The quantitative estimate of drug-likeness (QED) is 0.543. The Bertz CT molecular complexity index is 499. The number of hydrogen-bond acceptors (Lipinski definition) is 4. The van der Waals surface area contributed by atoms with E-state index < -0.39 is 0 Å². The van der Waals surface area contributed by atoms with Crippen molar-refractivity contribution in [2.75, 3.05) is 24.2 Å². The topological polar surface area (TPSA) is 71.2 Å². The van der Waals surface area contributed by atoms with Gasteiger partial charge in [0.15, 0.2) is 0 Å². The van der Waals surface area contributed by atoms with E-state index in [1.807, 2.05) is 24.3 Å². The predicted octanol–water partition coefficient (Wildman–Crippen LogP) is 2.00. The summed E-state index contributed by atoms with van der Waals surface area (Å²) in [5.41, 5.74) is 8.45. The molecule has 0 fully saturated rings. The van der Waals surface area contributed by atoms with Crippen molar-refractivity contribution < 1.29 is 5.11 Å². The van der Waals surface area contributed by atoms with Gasteiger partial charge >= 0.3 is 0 Å². The monoisotopic (exact) mass is 231 g/mol. The average molecular weight is 231 g/mol. The van der Waals surface area contributed by atoms with Gasteiger partial charge in [0.25, 0.3) is 0 Å². The van der Waals surface area contributed by atoms with Crippen LogP contribution >= 0.6 is 0 Å². The van der Waals surface area contributed by atoms with Crippen molar-refractivity contribution in [1.82, 2.24) is 4.98 Å². The molecule has 0 saturated heterocycles. The largest absolute Gasteiger partial charge is 0.397 e. The average Bonchev–Trinajstić information content (AvgIpc) is 2.36. The van der Waals surface area contributed by atoms with E-state index in [0.717, 1.165) is 36.0 Å². The molecule has 0 spiro atoms. The fraction of sp³-hybridized carbons (Fsp3) is 0.308. The summed E-state index contributed by atoms with van der Waals surface area (Å²) < 4.78 is 0. The number of nitrogens with zero attached hydrogens (tertiary/aromatic N) is 1. The van der Waals surface area contributed by atoms with Gasteiger partial charge in [-0.3, -0.25) is 4.98 Å². The summed E-state index contributed by atoms with van der Waals surface area (Å²) in [6.45, 7) is 1.08. The first-order chi connectivity index (χ1) is 8.33. The first-order valence-electron chi connectivity index (χ1n) is 5.81. The van der Waals surface area contributed by atoms with E-state index >= 15 is 0 Å². The molecule has 1 aromatic heterocycles. The van der Waals surface area contributed by atoms with Crippen LogP contribution in [0.3, 0.4) is 0 Å². The molecule has 0 atom stereocenters. The molecule has 2 rings (SSSR count). The fourth-order valence-corrected chi connectivity index (χ4v) is 1.81. The SMILES string of the molecule is Nc1cccc2c(NCCCCO)ccnc12. The van der Waals surface area contributed by atoms with E-state index in [1.54, 1.807) is 6.20 Å². The number of nitrogens with two attached hydrogens (primary N) is 1. The Morgan fingerprint density at radius 2 is 2.12 bits per heavy atom. The second kappa shape index (κ2) is 5.50. The van der Waals surface area contributed by atoms with Gasteiger partial charge in [0.05, 0.1) is 11.2 Å². The van der Waals surface area contributed by atoms with Gasteiger partial charge in [0.1, 0.15) is 0 Å². The van der Waals surface area contributed by atoms with Crippen LogP contribution in [-0.2, 0) is 0 Å². The van der Waals surface area contributed by atoms with Gasteiger partial charge in [-0.15, -0.1) is 0 Å². The van der Waals surface area contributed by atoms with Crippen LogP contribution in [0.25, 0.3) is 10.9 Å². The molecule has 0 unspecified atom stereocenters. The summed E-state index contributed by atoms with van der Waals surface area (Å²) in [7, 11) is 0. The normalized spacial score (nSPS) is 10.6. The van der Waals surface area contributed by atoms with Gasteiger partial charge in [-0.05, 0) is 25.0 Å². The Labute approximate surface area is 100 Å². The minimum atomic E-state index is 0.242. The van der Waals surface area contributed by atoms with Crippen LogP contribution in [0.4, 0.5) is 11.4 Å². The highest BCUT2D eigenvalue weighted by atomic mass is 16.2. The Balaban J connectivity index is 2.19. The molecule has 4 nitrogen and oxygen atoms in total. The summed E-state index contributed by atoms with van der Waals surface area (Å²) in [6.07, 6.45) is 3.52. The van der Waals surface area contributed by atoms with Gasteiger partial charge < -0.3 is 16.2 Å². The lowest BCUT2D eigenvalue weighted by atomic mass is 10.1. The zero-order chi connectivity index (χ0) is 12.1. The van der Waals surface area contributed by atoms with Crippen LogP contribution in [0, 0.1) is 0 Å². The number of unbranched alkanes of at least 4 members (excludes halogenated alkanes) is 1. The van der Waals surface area contributed by atoms with Crippen LogP contribution in [0.5, 0.6) is 0 Å². The Hall–Kier alpha value is -1.81. The maximum atomic E-state index is 8.72. The number of rotatable bonds is 5. The number of pyridine rings is 1. The Kier molecular flexibility index (Phi) is 3.77. The fourth-order valence-electron chi connectivity index (χ4n) is 1.81. The molecule has 0 saturated carbocycles. The lowest BCUT2D eigenvalue weighted by Gasteiger charge is -2.09. The van der Waals surface area contributed by atoms with Crippen molar-refractivity contribution in [1.29, 1.82) is 0 Å². The van der Waals surface area contributed by atoms with E-state index in [4.69, 9.17) is 10.8 Å². The number of nitrogens with one attached hydrogen (secondary N) is 1. The van der Waals surface area contributed by atoms with Crippen molar-refractivity contribution in [3.63, 3.8) is 0 Å². The first-order valence-corrected chi connectivity index (χ1v) is 5.81. The summed E-state index contributed by atoms with van der Waals surface area (Å²) >= 11 is 0. The molecule has 4 N–H and O–H groups in total. The maximum absolute atomic E-state index is 8.72. The van der Waals surface area contributed by atoms with Gasteiger partial charge in [-0.25, -0.2) is 0 Å². The van der Waals surface area contributed by atoms with Crippen molar-refractivity contribution >= 4 is 22.3 Å². The number of fused-ring (bicyclic) bond motifs is 1.